The number of hydrogen-bond donors (Lipinski definition) is 2. The second-order valence-electron chi connectivity index (χ2n) is 4.92. The van der Waals surface area contributed by atoms with E-state index in [0.717, 1.165) is 18.4 Å². The molecule has 5 nitrogen and oxygen atoms in total. The van der Waals surface area contributed by atoms with Crippen molar-refractivity contribution in [2.45, 2.75) is 32.2 Å². The van der Waals surface area contributed by atoms with Gasteiger partial charge in [0.25, 0.3) is 5.91 Å². The minimum Gasteiger partial charge on any atom is -0.480 e. The van der Waals surface area contributed by atoms with Gasteiger partial charge in [-0.05, 0) is 43.9 Å². The highest BCUT2D eigenvalue weighted by Gasteiger charge is 2.32. The summed E-state index contributed by atoms with van der Waals surface area (Å²) in [6, 6.07) is 4.37. The van der Waals surface area contributed by atoms with E-state index in [2.05, 4.69) is 0 Å². The van der Waals surface area contributed by atoms with E-state index in [1.54, 1.807) is 18.2 Å². The van der Waals surface area contributed by atoms with E-state index in [1.807, 2.05) is 6.92 Å². The van der Waals surface area contributed by atoms with Crippen molar-refractivity contribution in [2.24, 2.45) is 0 Å². The number of likely N-dealkylation sites (tertiary alicyclic amines) is 1. The lowest BCUT2D eigenvalue weighted by molar-refractivity contribution is -0.143. The van der Waals surface area contributed by atoms with E-state index in [4.69, 9.17) is 5.73 Å². The molecule has 0 saturated carbocycles. The molecule has 1 aliphatic heterocycles. The zero-order valence-corrected chi connectivity index (χ0v) is 10.9. The van der Waals surface area contributed by atoms with Crippen molar-refractivity contribution >= 4 is 17.6 Å². The smallest absolute Gasteiger partial charge is 0.326 e. The molecule has 1 aromatic rings. The average molecular weight is 262 g/mol. The maximum absolute atomic E-state index is 12.4. The van der Waals surface area contributed by atoms with E-state index in [0.29, 0.717) is 24.2 Å². The van der Waals surface area contributed by atoms with E-state index in [-0.39, 0.29) is 5.91 Å². The van der Waals surface area contributed by atoms with Crippen LogP contribution in [-0.2, 0) is 4.79 Å². The molecule has 1 aromatic carbocycles. The Hall–Kier alpha value is -2.04. The number of carboxylic acid groups (broad SMARTS) is 1. The topological polar surface area (TPSA) is 83.6 Å². The standard InChI is InChI=1S/C14H18N2O3/c1-9-5-6-10(8-11(9)15)13(17)16-7-3-2-4-12(16)14(18)19/h5-6,8,12H,2-4,7,15H2,1H3,(H,18,19)/t12-/m1/s1. The van der Waals surface area contributed by atoms with Crippen LogP contribution in [0.2, 0.25) is 0 Å². The fourth-order valence-electron chi connectivity index (χ4n) is 2.37. The van der Waals surface area contributed by atoms with Gasteiger partial charge in [0.1, 0.15) is 6.04 Å². The molecule has 0 unspecified atom stereocenters. The highest BCUT2D eigenvalue weighted by Crippen LogP contribution is 2.21. The molecule has 19 heavy (non-hydrogen) atoms. The van der Waals surface area contributed by atoms with Crippen LogP contribution in [0.4, 0.5) is 5.69 Å². The molecule has 0 radical (unpaired) electrons. The third-order valence-electron chi connectivity index (χ3n) is 3.57. The Morgan fingerprint density at radius 1 is 1.37 bits per heavy atom. The molecule has 5 heteroatoms. The minimum atomic E-state index is -0.937. The summed E-state index contributed by atoms with van der Waals surface area (Å²) in [7, 11) is 0. The highest BCUT2D eigenvalue weighted by atomic mass is 16.4. The number of carboxylic acids is 1. The number of hydrogen-bond acceptors (Lipinski definition) is 3. The fraction of sp³-hybridized carbons (Fsp3) is 0.429. The quantitative estimate of drug-likeness (QED) is 0.794. The van der Waals surface area contributed by atoms with E-state index >= 15 is 0 Å². The number of anilines is 1. The summed E-state index contributed by atoms with van der Waals surface area (Å²) in [6.45, 7) is 2.36. The number of nitrogen functional groups attached to an aromatic ring is 1. The lowest BCUT2D eigenvalue weighted by Crippen LogP contribution is -2.48. The van der Waals surface area contributed by atoms with Gasteiger partial charge in [-0.3, -0.25) is 4.79 Å². The first kappa shape index (κ1) is 13.4. The Labute approximate surface area is 112 Å². The predicted octanol–water partition coefficient (Wildman–Crippen LogP) is 1.66. The molecule has 1 heterocycles. The normalized spacial score (nSPS) is 19.2. The number of aryl methyl sites for hydroxylation is 1. The van der Waals surface area contributed by atoms with Crippen molar-refractivity contribution in [3.05, 3.63) is 29.3 Å². The highest BCUT2D eigenvalue weighted by molar-refractivity contribution is 5.97. The van der Waals surface area contributed by atoms with Gasteiger partial charge in [0.15, 0.2) is 0 Å². The minimum absolute atomic E-state index is 0.251. The predicted molar refractivity (Wildman–Crippen MR) is 71.9 cm³/mol. The molecule has 1 saturated heterocycles. The molecule has 1 amide bonds. The first-order chi connectivity index (χ1) is 9.00. The summed E-state index contributed by atoms with van der Waals surface area (Å²) in [5, 5.41) is 9.18. The van der Waals surface area contributed by atoms with Crippen molar-refractivity contribution in [1.82, 2.24) is 4.90 Å². The number of carbonyl (C=O) groups is 2. The van der Waals surface area contributed by atoms with Crippen LogP contribution in [0.1, 0.15) is 35.2 Å². The van der Waals surface area contributed by atoms with Crippen LogP contribution in [0, 0.1) is 6.92 Å². The summed E-state index contributed by atoms with van der Waals surface area (Å²) >= 11 is 0. The Balaban J connectivity index is 2.26. The number of piperidine rings is 1. The molecule has 1 fully saturated rings. The van der Waals surface area contributed by atoms with Crippen molar-refractivity contribution in [1.29, 1.82) is 0 Å². The zero-order valence-electron chi connectivity index (χ0n) is 10.9. The number of nitrogens with zero attached hydrogens (tertiary/aromatic N) is 1. The van der Waals surface area contributed by atoms with Gasteiger partial charge in [0, 0.05) is 17.8 Å². The van der Waals surface area contributed by atoms with Crippen LogP contribution in [-0.4, -0.2) is 34.5 Å². The molecule has 0 bridgehead atoms. The van der Waals surface area contributed by atoms with Gasteiger partial charge in [0.2, 0.25) is 0 Å². The van der Waals surface area contributed by atoms with Gasteiger partial charge < -0.3 is 15.7 Å². The van der Waals surface area contributed by atoms with Crippen molar-refractivity contribution in [2.75, 3.05) is 12.3 Å². The zero-order chi connectivity index (χ0) is 14.0. The maximum Gasteiger partial charge on any atom is 0.326 e. The Morgan fingerprint density at radius 2 is 2.11 bits per heavy atom. The van der Waals surface area contributed by atoms with Gasteiger partial charge in [-0.1, -0.05) is 6.07 Å². The third-order valence-corrected chi connectivity index (χ3v) is 3.57. The monoisotopic (exact) mass is 262 g/mol. The van der Waals surface area contributed by atoms with Crippen LogP contribution in [0.3, 0.4) is 0 Å². The molecule has 1 atom stereocenters. The number of benzene rings is 1. The Kier molecular flexibility index (Phi) is 3.74. The lowest BCUT2D eigenvalue weighted by atomic mass is 10.0. The molecular formula is C14H18N2O3. The number of amides is 1. The van der Waals surface area contributed by atoms with Crippen LogP contribution >= 0.6 is 0 Å². The summed E-state index contributed by atoms with van der Waals surface area (Å²) in [4.78, 5) is 25.0. The Bertz CT molecular complexity index is 513. The molecule has 0 aromatic heterocycles. The van der Waals surface area contributed by atoms with Crippen LogP contribution in [0.5, 0.6) is 0 Å². The summed E-state index contributed by atoms with van der Waals surface area (Å²) in [5.74, 6) is -1.19. The van der Waals surface area contributed by atoms with Crippen molar-refractivity contribution in [3.8, 4) is 0 Å². The number of nitrogens with two attached hydrogens (primary N) is 1. The number of rotatable bonds is 2. The van der Waals surface area contributed by atoms with Crippen molar-refractivity contribution in [3.63, 3.8) is 0 Å². The third kappa shape index (κ3) is 2.70. The average Bonchev–Trinajstić information content (AvgIpc) is 2.41. The molecule has 2 rings (SSSR count). The second-order valence-corrected chi connectivity index (χ2v) is 4.92. The first-order valence-electron chi connectivity index (χ1n) is 6.40. The molecule has 3 N–H and O–H groups in total. The molecular weight excluding hydrogens is 244 g/mol. The van der Waals surface area contributed by atoms with Crippen LogP contribution in [0.15, 0.2) is 18.2 Å². The van der Waals surface area contributed by atoms with Gasteiger partial charge in [-0.15, -0.1) is 0 Å². The van der Waals surface area contributed by atoms with E-state index in [1.165, 1.54) is 4.90 Å². The van der Waals surface area contributed by atoms with E-state index in [9.17, 15) is 14.7 Å². The van der Waals surface area contributed by atoms with Crippen molar-refractivity contribution < 1.29 is 14.7 Å². The Morgan fingerprint density at radius 3 is 2.74 bits per heavy atom. The molecule has 1 aliphatic rings. The van der Waals surface area contributed by atoms with Gasteiger partial charge in [0.05, 0.1) is 0 Å². The fourth-order valence-corrected chi connectivity index (χ4v) is 2.37. The maximum atomic E-state index is 12.4. The summed E-state index contributed by atoms with van der Waals surface area (Å²) in [5.41, 5.74) is 7.71. The van der Waals surface area contributed by atoms with E-state index < -0.39 is 12.0 Å². The molecule has 0 aliphatic carbocycles. The molecule has 102 valence electrons. The lowest BCUT2D eigenvalue weighted by Gasteiger charge is -2.33. The summed E-state index contributed by atoms with van der Waals surface area (Å²) in [6.07, 6.45) is 2.20. The second kappa shape index (κ2) is 5.30. The first-order valence-corrected chi connectivity index (χ1v) is 6.40. The SMILES string of the molecule is Cc1ccc(C(=O)N2CCCC[C@@H]2C(=O)O)cc1N. The van der Waals surface area contributed by atoms with Gasteiger partial charge >= 0.3 is 5.97 Å². The molecule has 0 spiro atoms. The number of carbonyl (C=O) groups excluding carboxylic acids is 1. The number of aliphatic carboxylic acids is 1. The largest absolute Gasteiger partial charge is 0.480 e. The van der Waals surface area contributed by atoms with Gasteiger partial charge in [-0.2, -0.15) is 0 Å². The van der Waals surface area contributed by atoms with Crippen LogP contribution < -0.4 is 5.73 Å². The van der Waals surface area contributed by atoms with Crippen LogP contribution in [0.25, 0.3) is 0 Å². The summed E-state index contributed by atoms with van der Waals surface area (Å²) < 4.78 is 0. The van der Waals surface area contributed by atoms with Gasteiger partial charge in [-0.25, -0.2) is 4.79 Å².